The maximum absolute atomic E-state index is 11.7. The highest BCUT2D eigenvalue weighted by molar-refractivity contribution is 5.79. The van der Waals surface area contributed by atoms with Crippen LogP contribution in [0.25, 0.3) is 0 Å². The predicted molar refractivity (Wildman–Crippen MR) is 68.3 cm³/mol. The lowest BCUT2D eigenvalue weighted by molar-refractivity contribution is -0.144. The summed E-state index contributed by atoms with van der Waals surface area (Å²) in [5.41, 5.74) is -1.41. The first-order valence-corrected chi connectivity index (χ1v) is 5.79. The number of amides is 1. The van der Waals surface area contributed by atoms with E-state index in [1.165, 1.54) is 7.11 Å². The SMILES string of the molecule is CNC(C(=O)OC)C(C)(C)NC(=O)OC(C)(C)C. The molecule has 0 radical (unpaired) electrons. The summed E-state index contributed by atoms with van der Waals surface area (Å²) < 4.78 is 9.83. The molecule has 106 valence electrons. The molecule has 6 heteroatoms. The molecule has 2 N–H and O–H groups in total. The number of nitrogens with one attached hydrogen (secondary N) is 2. The molecule has 0 aliphatic heterocycles. The lowest BCUT2D eigenvalue weighted by atomic mass is 9.95. The molecule has 0 aliphatic rings. The molecule has 0 saturated carbocycles. The van der Waals surface area contributed by atoms with Gasteiger partial charge in [0, 0.05) is 0 Å². The van der Waals surface area contributed by atoms with Crippen molar-refractivity contribution in [2.75, 3.05) is 14.2 Å². The number of methoxy groups -OCH3 is 1. The Balaban J connectivity index is 4.72. The van der Waals surface area contributed by atoms with Crippen LogP contribution in [0.2, 0.25) is 0 Å². The van der Waals surface area contributed by atoms with E-state index >= 15 is 0 Å². The monoisotopic (exact) mass is 260 g/mol. The third-order valence-corrected chi connectivity index (χ3v) is 2.27. The first-order valence-electron chi connectivity index (χ1n) is 5.79. The van der Waals surface area contributed by atoms with Crippen LogP contribution in [0.15, 0.2) is 0 Å². The van der Waals surface area contributed by atoms with Gasteiger partial charge in [0.15, 0.2) is 0 Å². The number of carbonyl (C=O) groups is 2. The smallest absolute Gasteiger partial charge is 0.408 e. The zero-order valence-electron chi connectivity index (χ0n) is 12.2. The molecule has 0 rings (SSSR count). The molecule has 0 aromatic rings. The Bertz CT molecular complexity index is 308. The number of rotatable bonds is 4. The zero-order chi connectivity index (χ0) is 14.6. The highest BCUT2D eigenvalue weighted by atomic mass is 16.6. The molecular weight excluding hydrogens is 236 g/mol. The summed E-state index contributed by atoms with van der Waals surface area (Å²) in [5.74, 6) is -0.446. The van der Waals surface area contributed by atoms with Gasteiger partial charge in [-0.25, -0.2) is 4.79 Å². The topological polar surface area (TPSA) is 76.7 Å². The fourth-order valence-electron chi connectivity index (χ4n) is 1.53. The minimum Gasteiger partial charge on any atom is -0.468 e. The quantitative estimate of drug-likeness (QED) is 0.739. The Labute approximate surface area is 108 Å². The Kier molecular flexibility index (Phi) is 5.60. The van der Waals surface area contributed by atoms with Gasteiger partial charge in [0.05, 0.1) is 12.6 Å². The third kappa shape index (κ3) is 5.35. The number of alkyl carbamates (subject to hydrolysis) is 1. The first kappa shape index (κ1) is 16.7. The van der Waals surface area contributed by atoms with E-state index in [1.54, 1.807) is 41.7 Å². The molecule has 0 aromatic heterocycles. The van der Waals surface area contributed by atoms with Crippen molar-refractivity contribution < 1.29 is 19.1 Å². The summed E-state index contributed by atoms with van der Waals surface area (Å²) in [6.07, 6.45) is -0.573. The van der Waals surface area contributed by atoms with Gasteiger partial charge in [0.1, 0.15) is 11.6 Å². The summed E-state index contributed by atoms with van der Waals surface area (Å²) in [4.78, 5) is 23.3. The van der Waals surface area contributed by atoms with Gasteiger partial charge in [-0.3, -0.25) is 4.79 Å². The maximum Gasteiger partial charge on any atom is 0.408 e. The Morgan fingerprint density at radius 3 is 1.94 bits per heavy atom. The maximum atomic E-state index is 11.7. The lowest BCUT2D eigenvalue weighted by Gasteiger charge is -2.33. The second kappa shape index (κ2) is 6.04. The van der Waals surface area contributed by atoms with Crippen LogP contribution in [-0.2, 0) is 14.3 Å². The van der Waals surface area contributed by atoms with Gasteiger partial charge in [0.2, 0.25) is 0 Å². The highest BCUT2D eigenvalue weighted by Gasteiger charge is 2.37. The summed E-state index contributed by atoms with van der Waals surface area (Å²) in [6, 6.07) is -0.657. The Hall–Kier alpha value is -1.30. The van der Waals surface area contributed by atoms with Crippen molar-refractivity contribution in [3.05, 3.63) is 0 Å². The molecule has 0 aliphatic carbocycles. The van der Waals surface area contributed by atoms with Gasteiger partial charge in [-0.1, -0.05) is 0 Å². The van der Waals surface area contributed by atoms with Gasteiger partial charge in [-0.15, -0.1) is 0 Å². The summed E-state index contributed by atoms with van der Waals surface area (Å²) >= 11 is 0. The molecule has 1 atom stereocenters. The summed E-state index contributed by atoms with van der Waals surface area (Å²) in [7, 11) is 2.93. The van der Waals surface area contributed by atoms with Crippen LogP contribution in [0, 0.1) is 0 Å². The molecule has 18 heavy (non-hydrogen) atoms. The molecule has 0 heterocycles. The Morgan fingerprint density at radius 1 is 1.11 bits per heavy atom. The van der Waals surface area contributed by atoms with Crippen LogP contribution >= 0.6 is 0 Å². The Morgan fingerprint density at radius 2 is 1.61 bits per heavy atom. The zero-order valence-corrected chi connectivity index (χ0v) is 12.2. The molecule has 0 bridgehead atoms. The normalized spacial score (nSPS) is 13.7. The molecule has 6 nitrogen and oxygen atoms in total. The van der Waals surface area contributed by atoms with Crippen molar-refractivity contribution in [2.45, 2.75) is 51.8 Å². The molecule has 0 saturated heterocycles. The highest BCUT2D eigenvalue weighted by Crippen LogP contribution is 2.13. The van der Waals surface area contributed by atoms with Crippen LogP contribution in [0.1, 0.15) is 34.6 Å². The molecular formula is C12H24N2O4. The predicted octanol–water partition coefficient (Wildman–Crippen LogP) is 1.05. The number of hydrogen-bond acceptors (Lipinski definition) is 5. The molecule has 1 amide bonds. The third-order valence-electron chi connectivity index (χ3n) is 2.27. The lowest BCUT2D eigenvalue weighted by Crippen LogP contribution is -2.61. The van der Waals surface area contributed by atoms with Crippen molar-refractivity contribution >= 4 is 12.1 Å². The second-order valence-corrected chi connectivity index (χ2v) is 5.59. The number of likely N-dealkylation sites (N-methyl/N-ethyl adjacent to an activating group) is 1. The van der Waals surface area contributed by atoms with E-state index < -0.39 is 29.2 Å². The standard InChI is InChI=1S/C12H24N2O4/c1-11(2,3)18-10(16)14-12(4,5)8(13-6)9(15)17-7/h8,13H,1-7H3,(H,14,16). The van der Waals surface area contributed by atoms with Crippen LogP contribution in [0.3, 0.4) is 0 Å². The fourth-order valence-corrected chi connectivity index (χ4v) is 1.53. The average molecular weight is 260 g/mol. The largest absolute Gasteiger partial charge is 0.468 e. The van der Waals surface area contributed by atoms with Gasteiger partial charge in [0.25, 0.3) is 0 Å². The van der Waals surface area contributed by atoms with Crippen molar-refractivity contribution in [1.29, 1.82) is 0 Å². The molecule has 1 unspecified atom stereocenters. The van der Waals surface area contributed by atoms with E-state index in [-0.39, 0.29) is 0 Å². The van der Waals surface area contributed by atoms with Crippen LogP contribution < -0.4 is 10.6 Å². The van der Waals surface area contributed by atoms with E-state index in [9.17, 15) is 9.59 Å². The number of esters is 1. The van der Waals surface area contributed by atoms with Crippen molar-refractivity contribution in [2.24, 2.45) is 0 Å². The van der Waals surface area contributed by atoms with Crippen LogP contribution in [0.5, 0.6) is 0 Å². The van der Waals surface area contributed by atoms with E-state index in [1.807, 2.05) is 0 Å². The van der Waals surface area contributed by atoms with Crippen molar-refractivity contribution in [1.82, 2.24) is 10.6 Å². The van der Waals surface area contributed by atoms with Gasteiger partial charge >= 0.3 is 12.1 Å². The minimum atomic E-state index is -0.829. The van der Waals surface area contributed by atoms with Gasteiger partial charge in [-0.05, 0) is 41.7 Å². The van der Waals surface area contributed by atoms with E-state index in [4.69, 9.17) is 4.74 Å². The summed E-state index contributed by atoms with van der Waals surface area (Å²) in [5, 5.41) is 5.47. The van der Waals surface area contributed by atoms with Gasteiger partial charge in [-0.2, -0.15) is 0 Å². The second-order valence-electron chi connectivity index (χ2n) is 5.59. The number of ether oxygens (including phenoxy) is 2. The first-order chi connectivity index (χ1) is 8.03. The van der Waals surface area contributed by atoms with Crippen LogP contribution in [0.4, 0.5) is 4.79 Å². The van der Waals surface area contributed by atoms with E-state index in [0.29, 0.717) is 0 Å². The van der Waals surface area contributed by atoms with Crippen LogP contribution in [-0.4, -0.2) is 43.4 Å². The molecule has 0 fully saturated rings. The molecule has 0 spiro atoms. The van der Waals surface area contributed by atoms with Gasteiger partial charge < -0.3 is 20.1 Å². The summed E-state index contributed by atoms with van der Waals surface area (Å²) in [6.45, 7) is 8.75. The van der Waals surface area contributed by atoms with Crippen molar-refractivity contribution in [3.8, 4) is 0 Å². The fraction of sp³-hybridized carbons (Fsp3) is 0.833. The van der Waals surface area contributed by atoms with E-state index in [0.717, 1.165) is 0 Å². The number of hydrogen-bond donors (Lipinski definition) is 2. The number of carbonyl (C=O) groups excluding carboxylic acids is 2. The van der Waals surface area contributed by atoms with Crippen molar-refractivity contribution in [3.63, 3.8) is 0 Å². The molecule has 0 aromatic carbocycles. The minimum absolute atomic E-state index is 0.446. The van der Waals surface area contributed by atoms with E-state index in [2.05, 4.69) is 15.4 Å². The average Bonchev–Trinajstić information content (AvgIpc) is 2.13.